The van der Waals surface area contributed by atoms with Gasteiger partial charge >= 0.3 is 0 Å². The van der Waals surface area contributed by atoms with E-state index in [0.717, 1.165) is 5.92 Å². The fourth-order valence-corrected chi connectivity index (χ4v) is 1.34. The van der Waals surface area contributed by atoms with Crippen molar-refractivity contribution in [1.29, 1.82) is 0 Å². The lowest BCUT2D eigenvalue weighted by Gasteiger charge is -2.13. The van der Waals surface area contributed by atoms with Gasteiger partial charge in [0, 0.05) is 0 Å². The summed E-state index contributed by atoms with van der Waals surface area (Å²) in [6.45, 7) is 2.21. The van der Waals surface area contributed by atoms with Gasteiger partial charge < -0.3 is 0 Å². The summed E-state index contributed by atoms with van der Waals surface area (Å²) in [5.74, 6) is 0.795. The fourth-order valence-electron chi connectivity index (χ4n) is 1.34. The standard InChI is InChI=1S/C9H15/c1-2-6-9-7-4-3-5-8-9/h4,6-7,9H,2-3,5,8H2,1H3. The van der Waals surface area contributed by atoms with Crippen LogP contribution < -0.4 is 0 Å². The van der Waals surface area contributed by atoms with Crippen LogP contribution in [-0.4, -0.2) is 0 Å². The highest BCUT2D eigenvalue weighted by Crippen LogP contribution is 2.19. The summed E-state index contributed by atoms with van der Waals surface area (Å²) < 4.78 is 0. The van der Waals surface area contributed by atoms with Gasteiger partial charge in [0.05, 0.1) is 0 Å². The van der Waals surface area contributed by atoms with E-state index in [1.165, 1.54) is 25.7 Å². The molecule has 1 radical (unpaired) electrons. The molecule has 1 unspecified atom stereocenters. The summed E-state index contributed by atoms with van der Waals surface area (Å²) in [5.41, 5.74) is 0. The first-order chi connectivity index (χ1) is 4.43. The maximum atomic E-state index is 2.40. The number of allylic oxidation sites excluding steroid dienone is 2. The predicted octanol–water partition coefficient (Wildman–Crippen LogP) is 2.96. The molecule has 1 aliphatic rings. The molecule has 51 valence electrons. The molecular weight excluding hydrogens is 108 g/mol. The molecule has 0 saturated carbocycles. The maximum absolute atomic E-state index is 2.40. The fraction of sp³-hybridized carbons (Fsp3) is 0.667. The highest BCUT2D eigenvalue weighted by Gasteiger charge is 2.05. The normalized spacial score (nSPS) is 26.6. The Kier molecular flexibility index (Phi) is 2.82. The Hall–Kier alpha value is -0.260. The van der Waals surface area contributed by atoms with Crippen LogP contribution in [0.5, 0.6) is 0 Å². The van der Waals surface area contributed by atoms with Gasteiger partial charge in [-0.2, -0.15) is 0 Å². The van der Waals surface area contributed by atoms with Crippen LogP contribution in [0.25, 0.3) is 0 Å². The van der Waals surface area contributed by atoms with E-state index >= 15 is 0 Å². The van der Waals surface area contributed by atoms with E-state index in [1.807, 2.05) is 0 Å². The Morgan fingerprint density at radius 1 is 1.67 bits per heavy atom. The van der Waals surface area contributed by atoms with Crippen molar-refractivity contribution in [3.8, 4) is 0 Å². The third-order valence-corrected chi connectivity index (χ3v) is 1.83. The Morgan fingerprint density at radius 2 is 2.56 bits per heavy atom. The lowest BCUT2D eigenvalue weighted by atomic mass is 9.92. The van der Waals surface area contributed by atoms with Gasteiger partial charge in [0.15, 0.2) is 0 Å². The second-order valence-corrected chi connectivity index (χ2v) is 2.67. The van der Waals surface area contributed by atoms with E-state index in [4.69, 9.17) is 0 Å². The van der Waals surface area contributed by atoms with Crippen molar-refractivity contribution < 1.29 is 0 Å². The van der Waals surface area contributed by atoms with Crippen LogP contribution in [0.15, 0.2) is 12.2 Å². The summed E-state index contributed by atoms with van der Waals surface area (Å²) >= 11 is 0. The Balaban J connectivity index is 2.23. The van der Waals surface area contributed by atoms with Crippen molar-refractivity contribution in [3.05, 3.63) is 18.6 Å². The highest BCUT2D eigenvalue weighted by atomic mass is 14.1. The first kappa shape index (κ1) is 6.85. The molecule has 0 amide bonds. The number of hydrogen-bond donors (Lipinski definition) is 0. The Morgan fingerprint density at radius 3 is 3.11 bits per heavy atom. The third-order valence-electron chi connectivity index (χ3n) is 1.83. The smallest absolute Gasteiger partial charge is 0.0202 e. The van der Waals surface area contributed by atoms with Gasteiger partial charge in [-0.3, -0.25) is 0 Å². The molecule has 0 heterocycles. The molecule has 1 aliphatic carbocycles. The van der Waals surface area contributed by atoms with Crippen molar-refractivity contribution in [2.45, 2.75) is 32.6 Å². The Bertz CT molecular complexity index is 92.2. The molecule has 0 N–H and O–H groups in total. The summed E-state index contributed by atoms with van der Waals surface area (Å²) in [6, 6.07) is 0. The van der Waals surface area contributed by atoms with Crippen LogP contribution in [0.2, 0.25) is 0 Å². The molecule has 0 heteroatoms. The van der Waals surface area contributed by atoms with E-state index in [2.05, 4.69) is 25.5 Å². The minimum atomic E-state index is 0.795. The molecule has 0 spiro atoms. The average Bonchev–Trinajstić information content (AvgIpc) is 1.91. The van der Waals surface area contributed by atoms with Crippen molar-refractivity contribution in [3.63, 3.8) is 0 Å². The van der Waals surface area contributed by atoms with Gasteiger partial charge in [-0.25, -0.2) is 0 Å². The van der Waals surface area contributed by atoms with Crippen LogP contribution in [-0.2, 0) is 0 Å². The zero-order valence-electron chi connectivity index (χ0n) is 6.14. The quantitative estimate of drug-likeness (QED) is 0.495. The summed E-state index contributed by atoms with van der Waals surface area (Å²) in [7, 11) is 0. The third kappa shape index (κ3) is 2.21. The van der Waals surface area contributed by atoms with Gasteiger partial charge in [0.1, 0.15) is 0 Å². The van der Waals surface area contributed by atoms with Crippen LogP contribution in [0.3, 0.4) is 0 Å². The molecule has 0 nitrogen and oxygen atoms in total. The molecule has 9 heavy (non-hydrogen) atoms. The van der Waals surface area contributed by atoms with Gasteiger partial charge in [-0.15, -0.1) is 0 Å². The zero-order chi connectivity index (χ0) is 6.53. The van der Waals surface area contributed by atoms with E-state index in [1.54, 1.807) is 0 Å². The van der Waals surface area contributed by atoms with Crippen LogP contribution in [0, 0.1) is 12.3 Å². The second-order valence-electron chi connectivity index (χ2n) is 2.67. The van der Waals surface area contributed by atoms with E-state index < -0.39 is 0 Å². The van der Waals surface area contributed by atoms with E-state index in [-0.39, 0.29) is 0 Å². The van der Waals surface area contributed by atoms with Gasteiger partial charge in [-0.1, -0.05) is 25.5 Å². The van der Waals surface area contributed by atoms with Gasteiger partial charge in [0.25, 0.3) is 0 Å². The summed E-state index contributed by atoms with van der Waals surface area (Å²) in [4.78, 5) is 0. The van der Waals surface area contributed by atoms with Crippen molar-refractivity contribution in [1.82, 2.24) is 0 Å². The minimum Gasteiger partial charge on any atom is -0.0882 e. The molecule has 0 aliphatic heterocycles. The second kappa shape index (κ2) is 3.71. The molecule has 0 bridgehead atoms. The number of hydrogen-bond acceptors (Lipinski definition) is 0. The summed E-state index contributed by atoms with van der Waals surface area (Å²) in [5, 5.41) is 0. The molecule has 0 aromatic heterocycles. The van der Waals surface area contributed by atoms with Crippen LogP contribution in [0.1, 0.15) is 32.6 Å². The Labute approximate surface area is 58.0 Å². The first-order valence-electron chi connectivity index (χ1n) is 3.93. The molecule has 0 aromatic rings. The molecule has 1 atom stereocenters. The molecule has 0 saturated heterocycles. The van der Waals surface area contributed by atoms with Gasteiger partial charge in [0.2, 0.25) is 0 Å². The minimum absolute atomic E-state index is 0.795. The predicted molar refractivity (Wildman–Crippen MR) is 41.1 cm³/mol. The topological polar surface area (TPSA) is 0 Å². The van der Waals surface area contributed by atoms with Crippen molar-refractivity contribution >= 4 is 0 Å². The molecule has 0 aromatic carbocycles. The maximum Gasteiger partial charge on any atom is -0.0202 e. The highest BCUT2D eigenvalue weighted by molar-refractivity contribution is 4.98. The molecule has 0 fully saturated rings. The average molecular weight is 123 g/mol. The number of rotatable bonds is 2. The molecular formula is C9H15. The lowest BCUT2D eigenvalue weighted by Crippen LogP contribution is -1.99. The summed E-state index contributed by atoms with van der Waals surface area (Å²) in [6.07, 6.45) is 12.3. The first-order valence-corrected chi connectivity index (χ1v) is 3.93. The van der Waals surface area contributed by atoms with E-state index in [0.29, 0.717) is 0 Å². The van der Waals surface area contributed by atoms with E-state index in [9.17, 15) is 0 Å². The molecule has 1 rings (SSSR count). The van der Waals surface area contributed by atoms with Gasteiger partial charge in [-0.05, 0) is 31.6 Å². The zero-order valence-corrected chi connectivity index (χ0v) is 6.14. The van der Waals surface area contributed by atoms with Crippen molar-refractivity contribution in [2.75, 3.05) is 0 Å². The van der Waals surface area contributed by atoms with Crippen molar-refractivity contribution in [2.24, 2.45) is 5.92 Å². The largest absolute Gasteiger partial charge is 0.0882 e. The monoisotopic (exact) mass is 123 g/mol. The van der Waals surface area contributed by atoms with Crippen LogP contribution in [0.4, 0.5) is 0 Å². The SMILES string of the molecule is CC[CH]C1C=CCCC1. The lowest BCUT2D eigenvalue weighted by molar-refractivity contribution is 0.586. The van der Waals surface area contributed by atoms with Crippen LogP contribution >= 0.6 is 0 Å².